The number of allylic oxidation sites excluding steroid dienone is 1. The average Bonchev–Trinajstić information content (AvgIpc) is 3.40. The Kier molecular flexibility index (Phi) is 9.88. The predicted molar refractivity (Wildman–Crippen MR) is 199 cm³/mol. The topological polar surface area (TPSA) is 112 Å². The van der Waals surface area contributed by atoms with Crippen molar-refractivity contribution in [2.24, 2.45) is 29.2 Å². The van der Waals surface area contributed by atoms with Gasteiger partial charge in [-0.3, -0.25) is 14.3 Å². The van der Waals surface area contributed by atoms with Crippen molar-refractivity contribution < 1.29 is 28.0 Å². The van der Waals surface area contributed by atoms with E-state index in [1.54, 1.807) is 26.4 Å². The molecule has 3 heterocycles. The third-order valence-electron chi connectivity index (χ3n) is 11.4. The summed E-state index contributed by atoms with van der Waals surface area (Å²) < 4.78 is 38.6. The van der Waals surface area contributed by atoms with Crippen molar-refractivity contribution in [3.63, 3.8) is 0 Å². The monoisotopic (exact) mass is 714 g/mol. The number of hydrogen-bond donors (Lipinski definition) is 0. The summed E-state index contributed by atoms with van der Waals surface area (Å²) in [4.78, 5) is 30.1. The summed E-state index contributed by atoms with van der Waals surface area (Å²) in [5.41, 5.74) is 5.22. The predicted octanol–water partition coefficient (Wildman–Crippen LogP) is 6.34. The number of aromatic nitrogens is 2. The van der Waals surface area contributed by atoms with Gasteiger partial charge >= 0.3 is 0 Å². The second-order valence-corrected chi connectivity index (χ2v) is 17.6. The van der Waals surface area contributed by atoms with Crippen molar-refractivity contribution in [1.82, 2.24) is 9.78 Å². The van der Waals surface area contributed by atoms with Gasteiger partial charge in [-0.15, -0.1) is 5.10 Å². The van der Waals surface area contributed by atoms with Gasteiger partial charge in [-0.25, -0.2) is 4.21 Å². The molecule has 0 saturated heterocycles. The lowest BCUT2D eigenvalue weighted by molar-refractivity contribution is 0.0131. The molecular formula is C40H50N4O6S. The summed E-state index contributed by atoms with van der Waals surface area (Å²) in [6.07, 6.45) is 11.7. The number of carbonyl (C=O) groups is 2. The molecule has 1 aromatic heterocycles. The maximum Gasteiger partial charge on any atom is 0.285 e. The second kappa shape index (κ2) is 14.2. The highest BCUT2D eigenvalue weighted by molar-refractivity contribution is 7.94. The van der Waals surface area contributed by atoms with E-state index in [-0.39, 0.29) is 34.6 Å². The maximum atomic E-state index is 14.7. The summed E-state index contributed by atoms with van der Waals surface area (Å²) in [6, 6.07) is 12.3. The molecule has 1 unspecified atom stereocenters. The minimum atomic E-state index is -3.33. The minimum Gasteiger partial charge on any atom is -0.490 e. The molecule has 6 atom stereocenters. The Morgan fingerprint density at radius 3 is 2.76 bits per heavy atom. The lowest BCUT2D eigenvalue weighted by atomic mass is 9.68. The Balaban J connectivity index is 1.31. The number of hydrogen-bond acceptors (Lipinski definition) is 8. The molecule has 3 aromatic rings. The summed E-state index contributed by atoms with van der Waals surface area (Å²) in [6.45, 7) is 6.25. The third kappa shape index (κ3) is 7.11. The van der Waals surface area contributed by atoms with Gasteiger partial charge in [0.05, 0.1) is 41.0 Å². The number of Topliss-reactive ketones (excluding diaryl/α,β-unsaturated/α-hetero) is 1. The SMILES string of the molecule is COc1nn(C)cc1C(=O)C[S@@]1(=O)=NC(=O)c2ccc3c(c2)N(C[C@@H]2CCC2[C@@H](OC)/C=C/C[C@H](C)C1)C[C@@]1(CCCc2cc(C)ccc21)CO3. The van der Waals surface area contributed by atoms with E-state index >= 15 is 0 Å². The van der Waals surface area contributed by atoms with Gasteiger partial charge in [-0.2, -0.15) is 4.36 Å². The summed E-state index contributed by atoms with van der Waals surface area (Å²) in [7, 11) is 1.57. The van der Waals surface area contributed by atoms with E-state index in [0.29, 0.717) is 30.4 Å². The molecule has 0 N–H and O–H groups in total. The molecule has 7 rings (SSSR count). The smallest absolute Gasteiger partial charge is 0.285 e. The van der Waals surface area contributed by atoms with E-state index in [9.17, 15) is 13.8 Å². The molecule has 2 aromatic carbocycles. The van der Waals surface area contributed by atoms with Gasteiger partial charge in [0.1, 0.15) is 11.3 Å². The van der Waals surface area contributed by atoms with Crippen molar-refractivity contribution in [3.8, 4) is 11.6 Å². The number of nitrogens with zero attached hydrogens (tertiary/aromatic N) is 4. The van der Waals surface area contributed by atoms with Crippen LogP contribution in [-0.4, -0.2) is 77.2 Å². The van der Waals surface area contributed by atoms with Crippen molar-refractivity contribution in [2.75, 3.05) is 50.3 Å². The highest BCUT2D eigenvalue weighted by Crippen LogP contribution is 2.47. The van der Waals surface area contributed by atoms with Crippen LogP contribution in [0.2, 0.25) is 0 Å². The largest absolute Gasteiger partial charge is 0.490 e. The maximum absolute atomic E-state index is 14.7. The zero-order chi connectivity index (χ0) is 35.9. The zero-order valence-corrected chi connectivity index (χ0v) is 31.2. The van der Waals surface area contributed by atoms with E-state index in [0.717, 1.165) is 56.6 Å². The first-order valence-corrected chi connectivity index (χ1v) is 20.0. The number of methoxy groups -OCH3 is 2. The van der Waals surface area contributed by atoms with Crippen LogP contribution in [0.5, 0.6) is 11.6 Å². The quantitative estimate of drug-likeness (QED) is 0.223. The van der Waals surface area contributed by atoms with Crippen molar-refractivity contribution in [3.05, 3.63) is 82.6 Å². The molecule has 1 amide bonds. The van der Waals surface area contributed by atoms with Crippen molar-refractivity contribution in [1.29, 1.82) is 0 Å². The number of anilines is 1. The Morgan fingerprint density at radius 2 is 2.00 bits per heavy atom. The first-order chi connectivity index (χ1) is 24.5. The number of amides is 1. The van der Waals surface area contributed by atoms with E-state index in [2.05, 4.69) is 51.6 Å². The number of fused-ring (bicyclic) bond motifs is 4. The number of ketones is 1. The van der Waals surface area contributed by atoms with Gasteiger partial charge < -0.3 is 19.1 Å². The van der Waals surface area contributed by atoms with Gasteiger partial charge in [0, 0.05) is 50.2 Å². The number of aryl methyl sites for hydroxylation is 3. The van der Waals surface area contributed by atoms with Gasteiger partial charge in [0.15, 0.2) is 5.78 Å². The van der Waals surface area contributed by atoms with Crippen LogP contribution in [0.15, 0.2) is 59.1 Å². The van der Waals surface area contributed by atoms with Gasteiger partial charge in [-0.05, 0) is 92.5 Å². The highest BCUT2D eigenvalue weighted by Gasteiger charge is 2.44. The number of benzene rings is 2. The summed E-state index contributed by atoms with van der Waals surface area (Å²) in [5.74, 6) is 0.194. The van der Waals surface area contributed by atoms with Crippen LogP contribution in [0, 0.1) is 24.7 Å². The van der Waals surface area contributed by atoms with Crippen LogP contribution >= 0.6 is 0 Å². The molecule has 10 nitrogen and oxygen atoms in total. The van der Waals surface area contributed by atoms with Crippen molar-refractivity contribution >= 4 is 27.1 Å². The fourth-order valence-electron chi connectivity index (χ4n) is 8.72. The molecule has 4 aliphatic rings. The average molecular weight is 715 g/mol. The van der Waals surface area contributed by atoms with Gasteiger partial charge in [-0.1, -0.05) is 42.8 Å². The first-order valence-electron chi connectivity index (χ1n) is 18.2. The molecule has 2 bridgehead atoms. The van der Waals surface area contributed by atoms with Gasteiger partial charge in [0.25, 0.3) is 5.91 Å². The number of ether oxygens (including phenoxy) is 3. The van der Waals surface area contributed by atoms with Crippen LogP contribution in [-0.2, 0) is 33.3 Å². The van der Waals surface area contributed by atoms with Crippen molar-refractivity contribution in [2.45, 2.75) is 63.9 Å². The van der Waals surface area contributed by atoms with E-state index < -0.39 is 27.2 Å². The Bertz CT molecular complexity index is 1980. The molecule has 2 aliphatic heterocycles. The van der Waals surface area contributed by atoms with Crippen LogP contribution in [0.25, 0.3) is 0 Å². The van der Waals surface area contributed by atoms with Crippen LogP contribution in [0.4, 0.5) is 5.69 Å². The number of carbonyl (C=O) groups excluding carboxylic acids is 2. The molecule has 1 fully saturated rings. The molecule has 272 valence electrons. The Hall–Kier alpha value is -3.96. The molecule has 11 heteroatoms. The van der Waals surface area contributed by atoms with E-state index in [1.807, 2.05) is 19.1 Å². The van der Waals surface area contributed by atoms with Crippen LogP contribution in [0.3, 0.4) is 0 Å². The van der Waals surface area contributed by atoms with Crippen LogP contribution in [0.1, 0.15) is 76.4 Å². The van der Waals surface area contributed by atoms with Crippen LogP contribution < -0.4 is 14.4 Å². The standard InChI is InChI=1S/C40H50N4O6S/c1-26-11-15-33-28(18-26)9-7-17-40(33)24-44-20-30-12-14-31(30)36(48-4)10-6-8-27(2)22-51(47,23-35(45)32-21-43(3)41-39(32)49-5)42-38(46)29-13-16-37(50-25-40)34(44)19-29/h6,10-11,13,15-16,18-19,21,27,30-31,36H,7-9,12,14,17,20,22-25H2,1-5H3/b10-6+/t27-,30-,31?,36-,40-,51+/m0/s1. The molecule has 51 heavy (non-hydrogen) atoms. The summed E-state index contributed by atoms with van der Waals surface area (Å²) in [5, 5.41) is 4.19. The minimum absolute atomic E-state index is 0.0412. The first kappa shape index (κ1) is 35.4. The molecular weight excluding hydrogens is 665 g/mol. The Morgan fingerprint density at radius 1 is 1.16 bits per heavy atom. The Labute approximate surface area is 301 Å². The van der Waals surface area contributed by atoms with E-state index in [4.69, 9.17) is 14.2 Å². The lowest BCUT2D eigenvalue weighted by Gasteiger charge is -2.46. The van der Waals surface area contributed by atoms with Gasteiger partial charge in [0.2, 0.25) is 5.88 Å². The molecule has 2 aliphatic carbocycles. The van der Waals surface area contributed by atoms with E-state index in [1.165, 1.54) is 28.5 Å². The third-order valence-corrected chi connectivity index (χ3v) is 13.7. The fraction of sp³-hybridized carbons (Fsp3) is 0.525. The normalized spacial score (nSPS) is 29.8. The fourth-order valence-corrected chi connectivity index (χ4v) is 11.0. The number of rotatable bonds is 5. The summed E-state index contributed by atoms with van der Waals surface area (Å²) >= 11 is 0. The lowest BCUT2D eigenvalue weighted by Crippen LogP contribution is -2.49. The molecule has 1 spiro atoms. The second-order valence-electron chi connectivity index (χ2n) is 15.2. The molecule has 1 saturated carbocycles. The zero-order valence-electron chi connectivity index (χ0n) is 30.4. The molecule has 0 radical (unpaired) electrons. The highest BCUT2D eigenvalue weighted by atomic mass is 32.2.